The second-order valence-corrected chi connectivity index (χ2v) is 11.5. The highest BCUT2D eigenvalue weighted by Crippen LogP contribution is 2.29. The number of aliphatic imine (C=N–C) groups is 1. The van der Waals surface area contributed by atoms with Crippen molar-refractivity contribution in [1.29, 1.82) is 0 Å². The van der Waals surface area contributed by atoms with Crippen LogP contribution >= 0.6 is 37.2 Å². The number of guanidine groups is 1. The standard InChI is InChI=1S/C31H52FN7O4.3ClH/c1-2-3-4-5-6-7-8-9-10-16-38(29(40)27(33)12-11-15-36-30(34)35)22-25-23-39(31(41)43-25)24-13-14-28(26(32)21-24)37-17-19-42-20-18-37;;;/h13-14,21,25,27H,2-12,15-20,22-23,33H2,1H3,(H4,34,35,36);3*1H/t25-,27-;;;/m0.../s1. The molecular weight excluding hydrogens is 660 g/mol. The Kier molecular flexibility index (Phi) is 22.8. The third-order valence-electron chi connectivity index (χ3n) is 8.02. The molecule has 0 saturated carbocycles. The molecule has 1 aromatic carbocycles. The minimum absolute atomic E-state index is 0. The second-order valence-electron chi connectivity index (χ2n) is 11.5. The Morgan fingerprint density at radius 2 is 1.65 bits per heavy atom. The number of amides is 2. The second kappa shape index (κ2) is 24.0. The van der Waals surface area contributed by atoms with E-state index in [0.717, 1.165) is 19.3 Å². The molecule has 0 aromatic heterocycles. The minimum atomic E-state index is -0.706. The lowest BCUT2D eigenvalue weighted by Gasteiger charge is -2.29. The first-order valence-corrected chi connectivity index (χ1v) is 16.0. The van der Waals surface area contributed by atoms with E-state index in [2.05, 4.69) is 11.9 Å². The first kappa shape index (κ1) is 43.8. The maximum Gasteiger partial charge on any atom is 0.414 e. The third-order valence-corrected chi connectivity index (χ3v) is 8.02. The molecule has 15 heteroatoms. The van der Waals surface area contributed by atoms with E-state index in [0.29, 0.717) is 63.6 Å². The number of halogens is 4. The number of hydrogen-bond acceptors (Lipinski definition) is 7. The van der Waals surface area contributed by atoms with Crippen LogP contribution in [0, 0.1) is 5.82 Å². The highest BCUT2D eigenvalue weighted by atomic mass is 35.5. The molecule has 2 fully saturated rings. The van der Waals surface area contributed by atoms with Crippen LogP contribution in [0.1, 0.15) is 77.6 Å². The lowest BCUT2D eigenvalue weighted by atomic mass is 10.1. The van der Waals surface area contributed by atoms with Gasteiger partial charge in [-0.2, -0.15) is 0 Å². The molecule has 266 valence electrons. The van der Waals surface area contributed by atoms with Crippen LogP contribution in [0.15, 0.2) is 23.2 Å². The Labute approximate surface area is 292 Å². The van der Waals surface area contributed by atoms with Gasteiger partial charge in [-0.1, -0.05) is 58.3 Å². The number of nitrogens with two attached hydrogens (primary N) is 3. The van der Waals surface area contributed by atoms with Crippen LogP contribution in [0.5, 0.6) is 0 Å². The Bertz CT molecular complexity index is 1050. The van der Waals surface area contributed by atoms with Gasteiger partial charge in [0.25, 0.3) is 0 Å². The van der Waals surface area contributed by atoms with Crippen LogP contribution in [0.3, 0.4) is 0 Å². The van der Waals surface area contributed by atoms with E-state index in [-0.39, 0.29) is 62.2 Å². The van der Waals surface area contributed by atoms with Gasteiger partial charge in [-0.3, -0.25) is 14.7 Å². The Morgan fingerprint density at radius 1 is 1.02 bits per heavy atom. The monoisotopic (exact) mass is 713 g/mol. The van der Waals surface area contributed by atoms with Gasteiger partial charge in [-0.15, -0.1) is 37.2 Å². The van der Waals surface area contributed by atoms with Crippen LogP contribution < -0.4 is 27.0 Å². The van der Waals surface area contributed by atoms with Crippen LogP contribution in [-0.2, 0) is 14.3 Å². The molecule has 2 atom stereocenters. The molecule has 2 saturated heterocycles. The minimum Gasteiger partial charge on any atom is -0.442 e. The van der Waals surface area contributed by atoms with Gasteiger partial charge >= 0.3 is 6.09 Å². The lowest BCUT2D eigenvalue weighted by molar-refractivity contribution is -0.134. The van der Waals surface area contributed by atoms with Crippen molar-refractivity contribution >= 4 is 66.6 Å². The number of ether oxygens (including phenoxy) is 2. The van der Waals surface area contributed by atoms with Crippen molar-refractivity contribution < 1.29 is 23.5 Å². The van der Waals surface area contributed by atoms with E-state index in [9.17, 15) is 9.59 Å². The summed E-state index contributed by atoms with van der Waals surface area (Å²) in [6.07, 6.45) is 10.4. The first-order valence-electron chi connectivity index (χ1n) is 16.0. The first-order chi connectivity index (χ1) is 20.8. The van der Waals surface area contributed by atoms with Crippen molar-refractivity contribution in [2.24, 2.45) is 22.2 Å². The molecule has 0 radical (unpaired) electrons. The van der Waals surface area contributed by atoms with E-state index in [1.165, 1.54) is 49.5 Å². The van der Waals surface area contributed by atoms with Crippen molar-refractivity contribution in [2.45, 2.75) is 89.7 Å². The fourth-order valence-electron chi connectivity index (χ4n) is 5.58. The number of carbonyl (C=O) groups is 2. The molecular formula is C31H55Cl3FN7O4. The summed E-state index contributed by atoms with van der Waals surface area (Å²) in [4.78, 5) is 35.2. The van der Waals surface area contributed by atoms with Gasteiger partial charge < -0.3 is 36.5 Å². The summed E-state index contributed by atoms with van der Waals surface area (Å²) in [6.45, 7) is 5.93. The predicted octanol–water partition coefficient (Wildman–Crippen LogP) is 4.99. The van der Waals surface area contributed by atoms with Gasteiger partial charge in [0.15, 0.2) is 5.96 Å². The summed E-state index contributed by atoms with van der Waals surface area (Å²) in [5, 5.41) is 0. The number of anilines is 2. The lowest BCUT2D eigenvalue weighted by Crippen LogP contribution is -2.47. The van der Waals surface area contributed by atoms with Crippen LogP contribution in [0.2, 0.25) is 0 Å². The fraction of sp³-hybridized carbons (Fsp3) is 0.710. The van der Waals surface area contributed by atoms with Gasteiger partial charge in [-0.05, 0) is 37.5 Å². The molecule has 0 bridgehead atoms. The normalized spacial score (nSPS) is 16.4. The Hall–Kier alpha value is -2.25. The summed E-state index contributed by atoms with van der Waals surface area (Å²) < 4.78 is 26.1. The van der Waals surface area contributed by atoms with E-state index in [1.54, 1.807) is 17.0 Å². The number of rotatable bonds is 19. The number of benzene rings is 1. The van der Waals surface area contributed by atoms with Gasteiger partial charge in [0.2, 0.25) is 5.91 Å². The largest absolute Gasteiger partial charge is 0.442 e. The molecule has 2 aliphatic rings. The quantitative estimate of drug-likeness (QED) is 0.103. The number of hydrogen-bond donors (Lipinski definition) is 3. The van der Waals surface area contributed by atoms with Crippen molar-refractivity contribution in [1.82, 2.24) is 4.90 Å². The van der Waals surface area contributed by atoms with E-state index in [1.807, 2.05) is 4.90 Å². The van der Waals surface area contributed by atoms with Crippen molar-refractivity contribution in [3.05, 3.63) is 24.0 Å². The van der Waals surface area contributed by atoms with Crippen LogP contribution in [0.25, 0.3) is 0 Å². The smallest absolute Gasteiger partial charge is 0.414 e. The van der Waals surface area contributed by atoms with Crippen molar-refractivity contribution in [3.8, 4) is 0 Å². The molecule has 2 aliphatic heterocycles. The maximum atomic E-state index is 15.0. The molecule has 2 heterocycles. The van der Waals surface area contributed by atoms with Crippen LogP contribution in [-0.4, -0.2) is 87.5 Å². The fourth-order valence-corrected chi connectivity index (χ4v) is 5.58. The average molecular weight is 715 g/mol. The average Bonchev–Trinajstić information content (AvgIpc) is 3.37. The molecule has 1 aromatic rings. The molecule has 0 unspecified atom stereocenters. The number of unbranched alkanes of at least 4 members (excludes halogenated alkanes) is 8. The predicted molar refractivity (Wildman–Crippen MR) is 190 cm³/mol. The van der Waals surface area contributed by atoms with Gasteiger partial charge in [0.05, 0.1) is 43.7 Å². The van der Waals surface area contributed by atoms with E-state index >= 15 is 4.39 Å². The highest BCUT2D eigenvalue weighted by Gasteiger charge is 2.35. The zero-order valence-corrected chi connectivity index (χ0v) is 29.5. The molecule has 3 rings (SSSR count). The van der Waals surface area contributed by atoms with Crippen molar-refractivity contribution in [3.63, 3.8) is 0 Å². The number of morpholine rings is 1. The third kappa shape index (κ3) is 14.7. The van der Waals surface area contributed by atoms with Crippen LogP contribution in [0.4, 0.5) is 20.6 Å². The van der Waals surface area contributed by atoms with Gasteiger partial charge in [0.1, 0.15) is 11.9 Å². The highest BCUT2D eigenvalue weighted by molar-refractivity contribution is 5.90. The summed E-state index contributed by atoms with van der Waals surface area (Å²) in [5.41, 5.74) is 18.0. The Morgan fingerprint density at radius 3 is 2.26 bits per heavy atom. The number of carbonyl (C=O) groups excluding carboxylic acids is 2. The van der Waals surface area contributed by atoms with E-state index in [4.69, 9.17) is 26.7 Å². The molecule has 6 N–H and O–H groups in total. The zero-order valence-electron chi connectivity index (χ0n) is 27.1. The zero-order chi connectivity index (χ0) is 31.0. The number of cyclic esters (lactones) is 1. The SMILES string of the molecule is CCCCCCCCCCCN(C[C@H]1CN(c2ccc(N3CCOCC3)c(F)c2)C(=O)O1)C(=O)[C@@H](N)CCCN=C(N)N.Cl.Cl.Cl. The molecule has 11 nitrogen and oxygen atoms in total. The number of nitrogens with zero attached hydrogens (tertiary/aromatic N) is 4. The van der Waals surface area contributed by atoms with E-state index < -0.39 is 24.1 Å². The summed E-state index contributed by atoms with van der Waals surface area (Å²) in [5.74, 6) is -0.570. The Balaban J connectivity index is 0.00000675. The summed E-state index contributed by atoms with van der Waals surface area (Å²) in [7, 11) is 0. The van der Waals surface area contributed by atoms with Gasteiger partial charge in [-0.25, -0.2) is 9.18 Å². The van der Waals surface area contributed by atoms with Crippen molar-refractivity contribution in [2.75, 3.05) is 62.3 Å². The molecule has 0 spiro atoms. The van der Waals surface area contributed by atoms with Gasteiger partial charge in [0, 0.05) is 26.2 Å². The maximum absolute atomic E-state index is 15.0. The summed E-state index contributed by atoms with van der Waals surface area (Å²) >= 11 is 0. The summed E-state index contributed by atoms with van der Waals surface area (Å²) in [6, 6.07) is 4.08. The molecule has 46 heavy (non-hydrogen) atoms. The topological polar surface area (TPSA) is 153 Å². The molecule has 0 aliphatic carbocycles. The molecule has 2 amide bonds.